The molecule has 1 spiro atoms. The molecule has 3 N–H and O–H groups in total. The third kappa shape index (κ3) is 3.76. The van der Waals surface area contributed by atoms with Crippen LogP contribution in [0.25, 0.3) is 0 Å². The molecule has 3 fully saturated rings. The fourth-order valence-corrected chi connectivity index (χ4v) is 6.93. The van der Waals surface area contributed by atoms with Gasteiger partial charge in [0.1, 0.15) is 11.6 Å². The number of aliphatic hydroxyl groups is 1. The zero-order valence-electron chi connectivity index (χ0n) is 21.7. The molecule has 1 aromatic carbocycles. The van der Waals surface area contributed by atoms with Crippen molar-refractivity contribution in [3.8, 4) is 0 Å². The van der Waals surface area contributed by atoms with Crippen molar-refractivity contribution >= 4 is 23.4 Å². The topological polar surface area (TPSA) is 108 Å². The van der Waals surface area contributed by atoms with Gasteiger partial charge in [-0.3, -0.25) is 14.4 Å². The summed E-state index contributed by atoms with van der Waals surface area (Å²) in [6.45, 7) is 9.62. The maximum absolute atomic E-state index is 14.1. The number of hydrogen-bond donors (Lipinski definition) is 3. The number of fused-ring (bicyclic) bond motifs is 1. The van der Waals surface area contributed by atoms with E-state index in [4.69, 9.17) is 4.74 Å². The molecule has 35 heavy (non-hydrogen) atoms. The molecular formula is C27H39N3O5. The highest BCUT2D eigenvalue weighted by atomic mass is 16.5. The van der Waals surface area contributed by atoms with Crippen LogP contribution in [0.1, 0.15) is 57.6 Å². The number of aryl methyl sites for hydroxylation is 2. The lowest BCUT2D eigenvalue weighted by Crippen LogP contribution is -2.56. The number of aliphatic hydroxyl groups excluding tert-OH is 1. The molecule has 8 nitrogen and oxygen atoms in total. The summed E-state index contributed by atoms with van der Waals surface area (Å²) in [7, 11) is 1.57. The largest absolute Gasteiger partial charge is 0.394 e. The van der Waals surface area contributed by atoms with Gasteiger partial charge in [0.15, 0.2) is 0 Å². The highest BCUT2D eigenvalue weighted by Crippen LogP contribution is 2.64. The van der Waals surface area contributed by atoms with Crippen LogP contribution in [0.2, 0.25) is 0 Å². The molecule has 3 heterocycles. The first-order valence-corrected chi connectivity index (χ1v) is 12.8. The highest BCUT2D eigenvalue weighted by Gasteiger charge is 2.79. The Hall–Kier alpha value is -2.45. The zero-order valence-corrected chi connectivity index (χ0v) is 21.7. The van der Waals surface area contributed by atoms with Gasteiger partial charge in [0.25, 0.3) is 0 Å². The van der Waals surface area contributed by atoms with Crippen molar-refractivity contribution in [1.29, 1.82) is 0 Å². The number of carbonyl (C=O) groups excluding carboxylic acids is 3. The molecule has 2 bridgehead atoms. The van der Waals surface area contributed by atoms with Crippen LogP contribution in [0, 0.1) is 31.6 Å². The van der Waals surface area contributed by atoms with E-state index in [1.165, 1.54) is 0 Å². The Morgan fingerprint density at radius 3 is 2.40 bits per heavy atom. The molecule has 6 atom stereocenters. The first kappa shape index (κ1) is 25.6. The van der Waals surface area contributed by atoms with Gasteiger partial charge in [-0.1, -0.05) is 39.0 Å². The van der Waals surface area contributed by atoms with Crippen molar-refractivity contribution in [3.63, 3.8) is 0 Å². The number of nitrogens with one attached hydrogen (secondary N) is 2. The number of anilines is 1. The molecule has 0 aliphatic carbocycles. The third-order valence-corrected chi connectivity index (χ3v) is 8.47. The summed E-state index contributed by atoms with van der Waals surface area (Å²) in [5.41, 5.74) is 0.698. The number of nitrogens with zero attached hydrogens (tertiary/aromatic N) is 1. The standard InChI is InChI=1S/C27H39N3O5/c1-7-26-11-12-27(35-26)20(19(26)23(32)28-6)25(34)30(18(14-31)13-15(2)3)22(27)24(33)29-21-16(4)9-8-10-17(21)5/h8-10,15,18-20,22,31H,7,11-14H2,1-6H3,(H,28,32)(H,29,33)/t18-,19+,20+,22?,26-,27?/m1/s1. The predicted molar refractivity (Wildman–Crippen MR) is 133 cm³/mol. The second kappa shape index (κ2) is 9.21. The Labute approximate surface area is 207 Å². The lowest BCUT2D eigenvalue weighted by Gasteiger charge is -2.38. The number of likely N-dealkylation sites (tertiary alicyclic amines) is 1. The molecule has 0 saturated carbocycles. The lowest BCUT2D eigenvalue weighted by atomic mass is 9.65. The van der Waals surface area contributed by atoms with E-state index >= 15 is 0 Å². The fourth-order valence-electron chi connectivity index (χ4n) is 6.93. The van der Waals surface area contributed by atoms with Gasteiger partial charge in [0.2, 0.25) is 17.7 Å². The van der Waals surface area contributed by atoms with Gasteiger partial charge in [0.05, 0.1) is 30.1 Å². The fraction of sp³-hybridized carbons (Fsp3) is 0.667. The second-order valence-corrected chi connectivity index (χ2v) is 10.9. The second-order valence-electron chi connectivity index (χ2n) is 10.9. The van der Waals surface area contributed by atoms with Gasteiger partial charge < -0.3 is 25.4 Å². The van der Waals surface area contributed by atoms with E-state index in [0.717, 1.165) is 16.8 Å². The molecule has 0 radical (unpaired) electrons. The van der Waals surface area contributed by atoms with Crippen LogP contribution in [-0.4, -0.2) is 64.7 Å². The number of benzene rings is 1. The number of rotatable bonds is 8. The minimum absolute atomic E-state index is 0.203. The normalized spacial score (nSPS) is 32.2. The Kier molecular flexibility index (Phi) is 6.74. The summed E-state index contributed by atoms with van der Waals surface area (Å²) >= 11 is 0. The molecule has 0 aromatic heterocycles. The highest BCUT2D eigenvalue weighted by molar-refractivity contribution is 6.04. The van der Waals surface area contributed by atoms with E-state index in [-0.39, 0.29) is 30.2 Å². The van der Waals surface area contributed by atoms with Gasteiger partial charge in [0, 0.05) is 12.7 Å². The van der Waals surface area contributed by atoms with E-state index < -0.39 is 35.1 Å². The number of amides is 3. The molecule has 3 saturated heterocycles. The maximum Gasteiger partial charge on any atom is 0.250 e. The van der Waals surface area contributed by atoms with E-state index in [2.05, 4.69) is 10.6 Å². The first-order chi connectivity index (χ1) is 16.6. The van der Waals surface area contributed by atoms with Crippen molar-refractivity contribution in [3.05, 3.63) is 29.3 Å². The Morgan fingerprint density at radius 1 is 1.20 bits per heavy atom. The van der Waals surface area contributed by atoms with Crippen LogP contribution in [0.3, 0.4) is 0 Å². The van der Waals surface area contributed by atoms with Crippen molar-refractivity contribution in [2.45, 2.75) is 83.6 Å². The molecule has 3 aliphatic rings. The van der Waals surface area contributed by atoms with E-state index in [1.54, 1.807) is 11.9 Å². The van der Waals surface area contributed by atoms with Crippen molar-refractivity contribution in [2.24, 2.45) is 17.8 Å². The SMILES string of the molecule is CC[C@]12CCC3(O1)C(C(=O)Nc1c(C)cccc1C)N([C@@H](CO)CC(C)C)C(=O)[C@@H]3[C@H]2C(=O)NC. The minimum Gasteiger partial charge on any atom is -0.394 e. The van der Waals surface area contributed by atoms with Crippen LogP contribution in [-0.2, 0) is 19.1 Å². The summed E-state index contributed by atoms with van der Waals surface area (Å²) in [6.07, 6.45) is 2.26. The van der Waals surface area contributed by atoms with Crippen LogP contribution < -0.4 is 10.6 Å². The van der Waals surface area contributed by atoms with Crippen LogP contribution >= 0.6 is 0 Å². The van der Waals surface area contributed by atoms with E-state index in [9.17, 15) is 19.5 Å². The summed E-state index contributed by atoms with van der Waals surface area (Å²) in [5.74, 6) is -2.05. The number of ether oxygens (including phenoxy) is 1. The summed E-state index contributed by atoms with van der Waals surface area (Å²) in [6, 6.07) is 4.33. The summed E-state index contributed by atoms with van der Waals surface area (Å²) in [5, 5.41) is 16.2. The Morgan fingerprint density at radius 2 is 1.86 bits per heavy atom. The zero-order chi connectivity index (χ0) is 25.7. The van der Waals surface area contributed by atoms with Gasteiger partial charge in [-0.05, 0) is 56.6 Å². The van der Waals surface area contributed by atoms with Gasteiger partial charge in [-0.2, -0.15) is 0 Å². The van der Waals surface area contributed by atoms with Crippen LogP contribution in [0.4, 0.5) is 5.69 Å². The minimum atomic E-state index is -1.10. The maximum atomic E-state index is 14.1. The van der Waals surface area contributed by atoms with E-state index in [1.807, 2.05) is 52.8 Å². The smallest absolute Gasteiger partial charge is 0.250 e. The molecule has 4 rings (SSSR count). The van der Waals surface area contributed by atoms with Crippen molar-refractivity contribution in [2.75, 3.05) is 19.0 Å². The number of hydrogen-bond acceptors (Lipinski definition) is 5. The lowest BCUT2D eigenvalue weighted by molar-refractivity contribution is -0.149. The monoisotopic (exact) mass is 485 g/mol. The molecule has 3 amide bonds. The summed E-state index contributed by atoms with van der Waals surface area (Å²) in [4.78, 5) is 42.9. The third-order valence-electron chi connectivity index (χ3n) is 8.47. The van der Waals surface area contributed by atoms with Crippen LogP contribution in [0.5, 0.6) is 0 Å². The average Bonchev–Trinajstić information content (AvgIpc) is 3.43. The van der Waals surface area contributed by atoms with Gasteiger partial charge in [-0.15, -0.1) is 0 Å². The summed E-state index contributed by atoms with van der Waals surface area (Å²) < 4.78 is 6.72. The molecule has 1 aromatic rings. The molecular weight excluding hydrogens is 446 g/mol. The average molecular weight is 486 g/mol. The number of para-hydroxylation sites is 1. The first-order valence-electron chi connectivity index (χ1n) is 12.8. The van der Waals surface area contributed by atoms with Crippen LogP contribution in [0.15, 0.2) is 18.2 Å². The molecule has 192 valence electrons. The quantitative estimate of drug-likeness (QED) is 0.525. The van der Waals surface area contributed by atoms with Gasteiger partial charge in [-0.25, -0.2) is 0 Å². The molecule has 8 heteroatoms. The Bertz CT molecular complexity index is 1010. The molecule has 3 aliphatic heterocycles. The predicted octanol–water partition coefficient (Wildman–Crippen LogP) is 2.55. The van der Waals surface area contributed by atoms with E-state index in [0.29, 0.717) is 25.7 Å². The van der Waals surface area contributed by atoms with Crippen molar-refractivity contribution < 1.29 is 24.2 Å². The Balaban J connectivity index is 1.83. The van der Waals surface area contributed by atoms with Crippen molar-refractivity contribution in [1.82, 2.24) is 10.2 Å². The molecule has 2 unspecified atom stereocenters. The number of carbonyl (C=O) groups is 3. The van der Waals surface area contributed by atoms with Gasteiger partial charge >= 0.3 is 0 Å².